The van der Waals surface area contributed by atoms with E-state index in [2.05, 4.69) is 0 Å². The molecule has 0 bridgehead atoms. The van der Waals surface area contributed by atoms with Crippen molar-refractivity contribution in [3.05, 3.63) is 27.3 Å². The van der Waals surface area contributed by atoms with Gasteiger partial charge in [0.05, 0.1) is 12.0 Å². The van der Waals surface area contributed by atoms with E-state index < -0.39 is 29.6 Å². The normalized spacial score (nSPS) is 11.2. The number of rotatable bonds is 3. The molecular formula is C7H5Cl2NO5S. The van der Waals surface area contributed by atoms with Gasteiger partial charge in [-0.3, -0.25) is 10.1 Å². The molecule has 0 aliphatic heterocycles. The molecule has 0 radical (unpaired) electrons. The molecule has 1 aromatic rings. The molecule has 1 aromatic carbocycles. The average molecular weight is 286 g/mol. The first kappa shape index (κ1) is 13.0. The van der Waals surface area contributed by atoms with Crippen LogP contribution < -0.4 is 4.74 Å². The minimum atomic E-state index is -4.22. The summed E-state index contributed by atoms with van der Waals surface area (Å²) in [5.74, 6) is -0.148. The van der Waals surface area contributed by atoms with Crippen molar-refractivity contribution < 1.29 is 18.1 Å². The first-order chi connectivity index (χ1) is 7.29. The summed E-state index contributed by atoms with van der Waals surface area (Å²) in [6.45, 7) is 0. The molecule has 0 atom stereocenters. The molecule has 88 valence electrons. The zero-order valence-corrected chi connectivity index (χ0v) is 10.1. The number of methoxy groups -OCH3 is 1. The maximum Gasteiger partial charge on any atom is 0.289 e. The fourth-order valence-corrected chi connectivity index (χ4v) is 2.88. The molecule has 0 amide bonds. The molecule has 16 heavy (non-hydrogen) atoms. The van der Waals surface area contributed by atoms with Crippen molar-refractivity contribution in [3.63, 3.8) is 0 Å². The molecule has 0 unspecified atom stereocenters. The summed E-state index contributed by atoms with van der Waals surface area (Å²) >= 11 is 5.59. The number of hydrogen-bond acceptors (Lipinski definition) is 5. The molecule has 0 aliphatic carbocycles. The highest BCUT2D eigenvalue weighted by atomic mass is 35.7. The second kappa shape index (κ2) is 4.44. The Hall–Kier alpha value is -1.05. The van der Waals surface area contributed by atoms with Crippen molar-refractivity contribution in [1.29, 1.82) is 0 Å². The van der Waals surface area contributed by atoms with Gasteiger partial charge in [0.2, 0.25) is 0 Å². The summed E-state index contributed by atoms with van der Waals surface area (Å²) in [6.07, 6.45) is 0. The van der Waals surface area contributed by atoms with Gasteiger partial charge in [0.25, 0.3) is 14.7 Å². The highest BCUT2D eigenvalue weighted by Gasteiger charge is 2.27. The van der Waals surface area contributed by atoms with Crippen LogP contribution in [0.1, 0.15) is 0 Å². The van der Waals surface area contributed by atoms with Gasteiger partial charge in [-0.25, -0.2) is 8.42 Å². The Labute approximate surface area is 100 Å². The lowest BCUT2D eigenvalue weighted by Gasteiger charge is -2.07. The van der Waals surface area contributed by atoms with E-state index in [1.54, 1.807) is 0 Å². The third-order valence-electron chi connectivity index (χ3n) is 1.70. The summed E-state index contributed by atoms with van der Waals surface area (Å²) in [5.41, 5.74) is -0.554. The molecule has 0 N–H and O–H groups in total. The van der Waals surface area contributed by atoms with E-state index in [1.165, 1.54) is 7.11 Å². The predicted molar refractivity (Wildman–Crippen MR) is 57.7 cm³/mol. The van der Waals surface area contributed by atoms with E-state index in [0.717, 1.165) is 12.1 Å². The Morgan fingerprint density at radius 2 is 2.00 bits per heavy atom. The van der Waals surface area contributed by atoms with E-state index in [-0.39, 0.29) is 5.75 Å². The smallest absolute Gasteiger partial charge is 0.289 e. The molecule has 0 heterocycles. The molecule has 9 heteroatoms. The number of hydrogen-bond donors (Lipinski definition) is 0. The topological polar surface area (TPSA) is 86.5 Å². The van der Waals surface area contributed by atoms with Crippen LogP contribution in [0.25, 0.3) is 0 Å². The van der Waals surface area contributed by atoms with E-state index >= 15 is 0 Å². The molecule has 0 saturated carbocycles. The molecule has 0 fully saturated rings. The first-order valence-corrected chi connectivity index (χ1v) is 6.43. The number of benzene rings is 1. The molecule has 0 aromatic heterocycles. The van der Waals surface area contributed by atoms with Gasteiger partial charge >= 0.3 is 0 Å². The zero-order chi connectivity index (χ0) is 12.5. The quantitative estimate of drug-likeness (QED) is 0.483. The van der Waals surface area contributed by atoms with Crippen molar-refractivity contribution in [2.75, 3.05) is 7.11 Å². The van der Waals surface area contributed by atoms with Gasteiger partial charge in [-0.1, -0.05) is 11.6 Å². The molecule has 6 nitrogen and oxygen atoms in total. The Kier molecular flexibility index (Phi) is 3.61. The van der Waals surface area contributed by atoms with E-state index in [9.17, 15) is 18.5 Å². The molecule has 0 spiro atoms. The predicted octanol–water partition coefficient (Wildman–Crippen LogP) is 2.18. The van der Waals surface area contributed by atoms with Gasteiger partial charge < -0.3 is 4.74 Å². The van der Waals surface area contributed by atoms with Crippen LogP contribution in [-0.4, -0.2) is 20.5 Å². The lowest BCUT2D eigenvalue weighted by molar-refractivity contribution is -0.384. The molecule has 0 aliphatic rings. The van der Waals surface area contributed by atoms with Crippen LogP contribution in [0.5, 0.6) is 5.75 Å². The van der Waals surface area contributed by atoms with Gasteiger partial charge in [0.15, 0.2) is 0 Å². The molecular weight excluding hydrogens is 281 g/mol. The standard InChI is InChI=1S/C7H5Cl2NO5S/c1-15-5-3-2-4(10(11)12)6(8)7(5)16(9,13)14/h2-3H,1H3. The van der Waals surface area contributed by atoms with Crippen LogP contribution in [0.3, 0.4) is 0 Å². The Morgan fingerprint density at radius 1 is 1.44 bits per heavy atom. The second-order valence-electron chi connectivity index (χ2n) is 2.63. The summed E-state index contributed by atoms with van der Waals surface area (Å²) < 4.78 is 27.1. The molecule has 0 saturated heterocycles. The van der Waals surface area contributed by atoms with Gasteiger partial charge in [0.1, 0.15) is 15.7 Å². The SMILES string of the molecule is COc1ccc([N+](=O)[O-])c(Cl)c1S(=O)(=O)Cl. The minimum absolute atomic E-state index is 0.148. The Bertz CT molecular complexity index is 542. The van der Waals surface area contributed by atoms with Crippen LogP contribution in [0, 0.1) is 10.1 Å². The van der Waals surface area contributed by atoms with Crippen LogP contribution in [0.2, 0.25) is 5.02 Å². The first-order valence-electron chi connectivity index (χ1n) is 3.74. The number of ether oxygens (including phenoxy) is 1. The lowest BCUT2D eigenvalue weighted by atomic mass is 10.3. The Morgan fingerprint density at radius 3 is 2.38 bits per heavy atom. The van der Waals surface area contributed by atoms with E-state index in [1.807, 2.05) is 0 Å². The summed E-state index contributed by atoms with van der Waals surface area (Å²) in [7, 11) is 2.09. The highest BCUT2D eigenvalue weighted by Crippen LogP contribution is 2.39. The van der Waals surface area contributed by atoms with Gasteiger partial charge in [-0.15, -0.1) is 0 Å². The van der Waals surface area contributed by atoms with Crippen molar-refractivity contribution in [3.8, 4) is 5.75 Å². The third-order valence-corrected chi connectivity index (χ3v) is 3.55. The fraction of sp³-hybridized carbons (Fsp3) is 0.143. The maximum atomic E-state index is 11.2. The van der Waals surface area contributed by atoms with Crippen molar-refractivity contribution in [1.82, 2.24) is 0 Å². The van der Waals surface area contributed by atoms with Gasteiger partial charge in [-0.05, 0) is 6.07 Å². The van der Waals surface area contributed by atoms with Crippen molar-refractivity contribution in [2.45, 2.75) is 4.90 Å². The van der Waals surface area contributed by atoms with E-state index in [4.69, 9.17) is 27.0 Å². The van der Waals surface area contributed by atoms with Crippen molar-refractivity contribution in [2.24, 2.45) is 0 Å². The van der Waals surface area contributed by atoms with Gasteiger partial charge in [-0.2, -0.15) is 0 Å². The van der Waals surface area contributed by atoms with Gasteiger partial charge in [0, 0.05) is 16.7 Å². The summed E-state index contributed by atoms with van der Waals surface area (Å²) in [4.78, 5) is 9.13. The van der Waals surface area contributed by atoms with E-state index in [0.29, 0.717) is 0 Å². The van der Waals surface area contributed by atoms with Crippen LogP contribution in [0.4, 0.5) is 5.69 Å². The number of halogens is 2. The third kappa shape index (κ3) is 2.37. The van der Waals surface area contributed by atoms with Crippen LogP contribution in [-0.2, 0) is 9.05 Å². The number of nitro groups is 1. The zero-order valence-electron chi connectivity index (χ0n) is 7.81. The summed E-state index contributed by atoms with van der Waals surface area (Å²) in [6, 6.07) is 2.14. The largest absolute Gasteiger partial charge is 0.495 e. The number of nitro benzene ring substituents is 1. The fourth-order valence-electron chi connectivity index (χ4n) is 1.06. The summed E-state index contributed by atoms with van der Waals surface area (Å²) in [5, 5.41) is 9.97. The Balaban J connectivity index is 3.67. The average Bonchev–Trinajstić information content (AvgIpc) is 2.14. The number of nitrogens with zero attached hydrogens (tertiary/aromatic N) is 1. The van der Waals surface area contributed by atoms with Crippen LogP contribution >= 0.6 is 22.3 Å². The van der Waals surface area contributed by atoms with Crippen molar-refractivity contribution >= 4 is 37.0 Å². The lowest BCUT2D eigenvalue weighted by Crippen LogP contribution is -2.00. The minimum Gasteiger partial charge on any atom is -0.495 e. The highest BCUT2D eigenvalue weighted by molar-refractivity contribution is 8.14. The second-order valence-corrected chi connectivity index (χ2v) is 5.51. The molecule has 1 rings (SSSR count). The van der Waals surface area contributed by atoms with Crippen LogP contribution in [0.15, 0.2) is 17.0 Å². The maximum absolute atomic E-state index is 11.2. The monoisotopic (exact) mass is 285 g/mol.